The number of benzene rings is 1. The second-order valence-corrected chi connectivity index (χ2v) is 8.15. The standard InChI is InChI=1S/C22H32O5/c1-16(17(2)20(23)26-15-18-10-6-5-7-11-18)14-22(3,4)21(24)27-19-12-8-9-13-25-19/h5-7,10-11,16-17,19H,8-9,12-15H2,1-4H3. The third-order valence-electron chi connectivity index (χ3n) is 5.21. The van der Waals surface area contributed by atoms with E-state index in [-0.39, 0.29) is 30.4 Å². The van der Waals surface area contributed by atoms with Crippen LogP contribution in [0.3, 0.4) is 0 Å². The van der Waals surface area contributed by atoms with Crippen LogP contribution in [-0.2, 0) is 30.4 Å². The van der Waals surface area contributed by atoms with Crippen molar-refractivity contribution >= 4 is 11.9 Å². The molecule has 0 aliphatic carbocycles. The van der Waals surface area contributed by atoms with Gasteiger partial charge in [-0.2, -0.15) is 0 Å². The number of hydrogen-bond acceptors (Lipinski definition) is 5. The van der Waals surface area contributed by atoms with Gasteiger partial charge in [0.2, 0.25) is 6.29 Å². The van der Waals surface area contributed by atoms with Gasteiger partial charge in [0.15, 0.2) is 0 Å². The van der Waals surface area contributed by atoms with Crippen LogP contribution in [0.25, 0.3) is 0 Å². The van der Waals surface area contributed by atoms with E-state index in [1.54, 1.807) is 0 Å². The van der Waals surface area contributed by atoms with E-state index < -0.39 is 11.7 Å². The lowest BCUT2D eigenvalue weighted by atomic mass is 9.78. The zero-order valence-corrected chi connectivity index (χ0v) is 16.9. The predicted octanol–water partition coefficient (Wildman–Crippen LogP) is 4.49. The number of rotatable bonds is 8. The Morgan fingerprint density at radius 3 is 2.52 bits per heavy atom. The highest BCUT2D eigenvalue weighted by Gasteiger charge is 2.36. The van der Waals surface area contributed by atoms with Crippen molar-refractivity contribution in [3.05, 3.63) is 35.9 Å². The molecule has 1 heterocycles. The number of hydrogen-bond donors (Lipinski definition) is 0. The van der Waals surface area contributed by atoms with Gasteiger partial charge < -0.3 is 14.2 Å². The van der Waals surface area contributed by atoms with E-state index in [2.05, 4.69) is 0 Å². The molecule has 1 aromatic carbocycles. The van der Waals surface area contributed by atoms with Gasteiger partial charge in [-0.15, -0.1) is 0 Å². The molecule has 0 aromatic heterocycles. The van der Waals surface area contributed by atoms with Gasteiger partial charge in [0, 0.05) is 6.42 Å². The van der Waals surface area contributed by atoms with Gasteiger partial charge in [0.1, 0.15) is 6.61 Å². The van der Waals surface area contributed by atoms with Crippen molar-refractivity contribution in [1.29, 1.82) is 0 Å². The minimum Gasteiger partial charge on any atom is -0.461 e. The van der Waals surface area contributed by atoms with E-state index >= 15 is 0 Å². The molecule has 0 bridgehead atoms. The van der Waals surface area contributed by atoms with Gasteiger partial charge in [-0.3, -0.25) is 9.59 Å². The average Bonchev–Trinajstić information content (AvgIpc) is 2.66. The Balaban J connectivity index is 1.82. The van der Waals surface area contributed by atoms with Crippen LogP contribution in [0.5, 0.6) is 0 Å². The summed E-state index contributed by atoms with van der Waals surface area (Å²) in [5, 5.41) is 0. The number of esters is 2. The average molecular weight is 376 g/mol. The zero-order chi connectivity index (χ0) is 19.9. The second kappa shape index (κ2) is 9.88. The van der Waals surface area contributed by atoms with Crippen LogP contribution in [0.15, 0.2) is 30.3 Å². The fraction of sp³-hybridized carbons (Fsp3) is 0.636. The summed E-state index contributed by atoms with van der Waals surface area (Å²) in [5.41, 5.74) is 0.274. The predicted molar refractivity (Wildman–Crippen MR) is 103 cm³/mol. The Morgan fingerprint density at radius 1 is 1.19 bits per heavy atom. The lowest BCUT2D eigenvalue weighted by Crippen LogP contribution is -2.36. The molecule has 1 aliphatic heterocycles. The Kier molecular flexibility index (Phi) is 7.84. The van der Waals surface area contributed by atoms with Gasteiger partial charge in [0.25, 0.3) is 0 Å². The summed E-state index contributed by atoms with van der Waals surface area (Å²) in [7, 11) is 0. The molecule has 5 heteroatoms. The van der Waals surface area contributed by atoms with Gasteiger partial charge in [-0.25, -0.2) is 0 Å². The molecule has 3 atom stereocenters. The van der Waals surface area contributed by atoms with Gasteiger partial charge in [-0.05, 0) is 44.6 Å². The molecule has 0 radical (unpaired) electrons. The monoisotopic (exact) mass is 376 g/mol. The zero-order valence-electron chi connectivity index (χ0n) is 16.9. The Hall–Kier alpha value is -1.88. The van der Waals surface area contributed by atoms with Crippen molar-refractivity contribution in [2.24, 2.45) is 17.3 Å². The topological polar surface area (TPSA) is 61.8 Å². The Labute approximate surface area is 162 Å². The van der Waals surface area contributed by atoms with Crippen molar-refractivity contribution in [3.63, 3.8) is 0 Å². The fourth-order valence-electron chi connectivity index (χ4n) is 3.24. The van der Waals surface area contributed by atoms with Crippen LogP contribution in [-0.4, -0.2) is 24.8 Å². The lowest BCUT2D eigenvalue weighted by molar-refractivity contribution is -0.197. The fourth-order valence-corrected chi connectivity index (χ4v) is 3.24. The molecule has 3 unspecified atom stereocenters. The van der Waals surface area contributed by atoms with Crippen LogP contribution in [0.2, 0.25) is 0 Å². The quantitative estimate of drug-likeness (QED) is 0.626. The SMILES string of the molecule is CC(CC(C)(C)C(=O)OC1CCCCO1)C(C)C(=O)OCc1ccccc1. The summed E-state index contributed by atoms with van der Waals surface area (Å²) >= 11 is 0. The number of ether oxygens (including phenoxy) is 3. The van der Waals surface area contributed by atoms with E-state index in [1.807, 2.05) is 58.0 Å². The first-order valence-electron chi connectivity index (χ1n) is 9.83. The smallest absolute Gasteiger partial charge is 0.313 e. The van der Waals surface area contributed by atoms with Crippen molar-refractivity contribution in [1.82, 2.24) is 0 Å². The Bertz CT molecular complexity index is 604. The normalized spacial score (nSPS) is 19.8. The molecule has 0 amide bonds. The molecule has 2 rings (SSSR count). The largest absolute Gasteiger partial charge is 0.461 e. The summed E-state index contributed by atoms with van der Waals surface area (Å²) in [6, 6.07) is 9.61. The minimum absolute atomic E-state index is 0.0110. The number of carbonyl (C=O) groups is 2. The van der Waals surface area contributed by atoms with E-state index in [4.69, 9.17) is 14.2 Å². The lowest BCUT2D eigenvalue weighted by Gasteiger charge is -2.31. The third kappa shape index (κ3) is 6.65. The first-order valence-corrected chi connectivity index (χ1v) is 9.83. The highest BCUT2D eigenvalue weighted by molar-refractivity contribution is 5.76. The molecule has 0 spiro atoms. The highest BCUT2D eigenvalue weighted by Crippen LogP contribution is 2.32. The molecule has 1 fully saturated rings. The van der Waals surface area contributed by atoms with Crippen LogP contribution in [0.4, 0.5) is 0 Å². The molecular formula is C22H32O5. The Morgan fingerprint density at radius 2 is 1.89 bits per heavy atom. The summed E-state index contributed by atoms with van der Waals surface area (Å²) in [5.74, 6) is -0.827. The maximum Gasteiger partial charge on any atom is 0.313 e. The molecule has 1 aromatic rings. The molecule has 0 N–H and O–H groups in total. The van der Waals surface area contributed by atoms with E-state index in [9.17, 15) is 9.59 Å². The van der Waals surface area contributed by atoms with Crippen LogP contribution in [0, 0.1) is 17.3 Å². The van der Waals surface area contributed by atoms with E-state index in [0.717, 1.165) is 24.8 Å². The van der Waals surface area contributed by atoms with Crippen molar-refractivity contribution in [2.75, 3.05) is 6.61 Å². The molecule has 150 valence electrons. The van der Waals surface area contributed by atoms with E-state index in [0.29, 0.717) is 13.0 Å². The van der Waals surface area contributed by atoms with Crippen LogP contribution < -0.4 is 0 Å². The van der Waals surface area contributed by atoms with Crippen LogP contribution in [0.1, 0.15) is 58.9 Å². The number of carbonyl (C=O) groups excluding carboxylic acids is 2. The summed E-state index contributed by atoms with van der Waals surface area (Å²) in [6.07, 6.45) is 2.88. The molecular weight excluding hydrogens is 344 g/mol. The summed E-state index contributed by atoms with van der Waals surface area (Å²) in [6.45, 7) is 8.44. The van der Waals surface area contributed by atoms with Gasteiger partial charge in [0.05, 0.1) is 17.9 Å². The van der Waals surface area contributed by atoms with Gasteiger partial charge in [-0.1, -0.05) is 44.2 Å². The first kappa shape index (κ1) is 21.4. The third-order valence-corrected chi connectivity index (χ3v) is 5.21. The van der Waals surface area contributed by atoms with E-state index in [1.165, 1.54) is 0 Å². The van der Waals surface area contributed by atoms with Crippen molar-refractivity contribution < 1.29 is 23.8 Å². The molecule has 1 aliphatic rings. The van der Waals surface area contributed by atoms with Gasteiger partial charge >= 0.3 is 11.9 Å². The summed E-state index contributed by atoms with van der Waals surface area (Å²) in [4.78, 5) is 24.9. The van der Waals surface area contributed by atoms with Crippen LogP contribution >= 0.6 is 0 Å². The second-order valence-electron chi connectivity index (χ2n) is 8.15. The maximum atomic E-state index is 12.6. The summed E-state index contributed by atoms with van der Waals surface area (Å²) < 4.78 is 16.4. The molecule has 1 saturated heterocycles. The molecule has 27 heavy (non-hydrogen) atoms. The molecule has 5 nitrogen and oxygen atoms in total. The first-order chi connectivity index (χ1) is 12.8. The highest BCUT2D eigenvalue weighted by atomic mass is 16.7. The molecule has 0 saturated carbocycles. The minimum atomic E-state index is -0.686. The van der Waals surface area contributed by atoms with Crippen molar-refractivity contribution in [2.45, 2.75) is 66.3 Å². The maximum absolute atomic E-state index is 12.6. The van der Waals surface area contributed by atoms with Crippen molar-refractivity contribution in [3.8, 4) is 0 Å².